The molecule has 4 nitrogen and oxygen atoms in total. The summed E-state index contributed by atoms with van der Waals surface area (Å²) in [6.07, 6.45) is 0. The lowest BCUT2D eigenvalue weighted by molar-refractivity contribution is 0.0745. The van der Waals surface area contributed by atoms with Crippen LogP contribution in [-0.2, 0) is 0 Å². The Morgan fingerprint density at radius 1 is 0.920 bits per heavy atom. The molecule has 1 heterocycles. The molecule has 1 amide bonds. The first kappa shape index (κ1) is 17.3. The van der Waals surface area contributed by atoms with E-state index >= 15 is 0 Å². The number of anilines is 1. The van der Waals surface area contributed by atoms with E-state index in [9.17, 15) is 4.79 Å². The van der Waals surface area contributed by atoms with E-state index in [1.54, 1.807) is 7.11 Å². The molecule has 0 atom stereocenters. The van der Waals surface area contributed by atoms with Gasteiger partial charge in [0.1, 0.15) is 5.75 Å². The molecule has 1 aliphatic rings. The highest BCUT2D eigenvalue weighted by Gasteiger charge is 2.24. The van der Waals surface area contributed by atoms with Crippen molar-refractivity contribution in [3.05, 3.63) is 58.7 Å². The fourth-order valence-corrected chi connectivity index (χ4v) is 3.64. The zero-order chi connectivity index (χ0) is 18.0. The Morgan fingerprint density at radius 3 is 2.00 bits per heavy atom. The number of methoxy groups -OCH3 is 1. The van der Waals surface area contributed by atoms with E-state index < -0.39 is 0 Å². The molecule has 1 fully saturated rings. The Balaban J connectivity index is 1.68. The number of rotatable bonds is 3. The zero-order valence-electron chi connectivity index (χ0n) is 15.5. The third-order valence-electron chi connectivity index (χ3n) is 4.90. The maximum atomic E-state index is 13.0. The van der Waals surface area contributed by atoms with E-state index in [0.717, 1.165) is 48.6 Å². The number of hydrogen-bond acceptors (Lipinski definition) is 3. The normalized spacial score (nSPS) is 14.6. The van der Waals surface area contributed by atoms with Gasteiger partial charge in [0, 0.05) is 37.4 Å². The number of piperazine rings is 1. The van der Waals surface area contributed by atoms with Crippen molar-refractivity contribution in [2.45, 2.75) is 20.8 Å². The van der Waals surface area contributed by atoms with E-state index in [4.69, 9.17) is 4.74 Å². The van der Waals surface area contributed by atoms with E-state index in [1.807, 2.05) is 30.9 Å². The predicted octanol–water partition coefficient (Wildman–Crippen LogP) is 3.58. The van der Waals surface area contributed by atoms with Crippen LogP contribution in [0.3, 0.4) is 0 Å². The molecule has 0 spiro atoms. The maximum Gasteiger partial charge on any atom is 0.254 e. The van der Waals surface area contributed by atoms with Crippen LogP contribution in [0.2, 0.25) is 0 Å². The second-order valence-electron chi connectivity index (χ2n) is 6.75. The lowest BCUT2D eigenvalue weighted by Gasteiger charge is -2.36. The second-order valence-corrected chi connectivity index (χ2v) is 6.75. The molecule has 25 heavy (non-hydrogen) atoms. The van der Waals surface area contributed by atoms with Crippen molar-refractivity contribution in [3.63, 3.8) is 0 Å². The summed E-state index contributed by atoms with van der Waals surface area (Å²) in [5, 5.41) is 0. The molecule has 0 unspecified atom stereocenters. The average molecular weight is 338 g/mol. The first-order valence-corrected chi connectivity index (χ1v) is 8.75. The molecule has 0 radical (unpaired) electrons. The monoisotopic (exact) mass is 338 g/mol. The van der Waals surface area contributed by atoms with Crippen molar-refractivity contribution < 1.29 is 9.53 Å². The minimum Gasteiger partial charge on any atom is -0.497 e. The van der Waals surface area contributed by atoms with Gasteiger partial charge < -0.3 is 14.5 Å². The minimum absolute atomic E-state index is 0.157. The Labute approximate surface area is 150 Å². The van der Waals surface area contributed by atoms with E-state index in [-0.39, 0.29) is 5.91 Å². The van der Waals surface area contributed by atoms with Crippen LogP contribution < -0.4 is 9.64 Å². The number of carbonyl (C=O) groups is 1. The van der Waals surface area contributed by atoms with Gasteiger partial charge in [0.25, 0.3) is 5.91 Å². The molecule has 3 rings (SSSR count). The van der Waals surface area contributed by atoms with Crippen LogP contribution in [0, 0.1) is 20.8 Å². The summed E-state index contributed by atoms with van der Waals surface area (Å²) in [4.78, 5) is 17.3. The van der Waals surface area contributed by atoms with Gasteiger partial charge in [0.2, 0.25) is 0 Å². The molecule has 0 aliphatic carbocycles. The summed E-state index contributed by atoms with van der Waals surface area (Å²) in [6.45, 7) is 9.32. The quantitative estimate of drug-likeness (QED) is 0.857. The SMILES string of the molecule is COc1ccc(N2CCN(C(=O)c3c(C)cc(C)cc3C)CC2)cc1. The van der Waals surface area contributed by atoms with Crippen molar-refractivity contribution >= 4 is 11.6 Å². The Kier molecular flexibility index (Phi) is 4.98. The molecule has 1 aliphatic heterocycles. The zero-order valence-corrected chi connectivity index (χ0v) is 15.5. The van der Waals surface area contributed by atoms with Crippen LogP contribution >= 0.6 is 0 Å². The Hall–Kier alpha value is -2.49. The fourth-order valence-electron chi connectivity index (χ4n) is 3.64. The molecular formula is C21H26N2O2. The lowest BCUT2D eigenvalue weighted by Crippen LogP contribution is -2.49. The second kappa shape index (κ2) is 7.18. The number of amides is 1. The van der Waals surface area contributed by atoms with Crippen LogP contribution in [0.25, 0.3) is 0 Å². The van der Waals surface area contributed by atoms with Crippen LogP contribution in [0.15, 0.2) is 36.4 Å². The first-order chi connectivity index (χ1) is 12.0. The van der Waals surface area contributed by atoms with Crippen molar-refractivity contribution in [2.24, 2.45) is 0 Å². The van der Waals surface area contributed by atoms with E-state index in [2.05, 4.69) is 36.1 Å². The molecule has 2 aromatic rings. The van der Waals surface area contributed by atoms with Gasteiger partial charge in [-0.25, -0.2) is 0 Å². The molecule has 1 saturated heterocycles. The van der Waals surface area contributed by atoms with Crippen molar-refractivity contribution in [3.8, 4) is 5.75 Å². The molecule has 0 N–H and O–H groups in total. The van der Waals surface area contributed by atoms with Gasteiger partial charge in [-0.3, -0.25) is 4.79 Å². The number of hydrogen-bond donors (Lipinski definition) is 0. The number of aryl methyl sites for hydroxylation is 3. The number of carbonyl (C=O) groups excluding carboxylic acids is 1. The third-order valence-corrected chi connectivity index (χ3v) is 4.90. The van der Waals surface area contributed by atoms with Gasteiger partial charge in [-0.2, -0.15) is 0 Å². The van der Waals surface area contributed by atoms with Crippen LogP contribution in [0.5, 0.6) is 5.75 Å². The highest BCUT2D eigenvalue weighted by Crippen LogP contribution is 2.23. The summed E-state index contributed by atoms with van der Waals surface area (Å²) >= 11 is 0. The van der Waals surface area contributed by atoms with Crippen molar-refractivity contribution in [1.29, 1.82) is 0 Å². The minimum atomic E-state index is 0.157. The topological polar surface area (TPSA) is 32.8 Å². The first-order valence-electron chi connectivity index (χ1n) is 8.75. The van der Waals surface area contributed by atoms with Crippen molar-refractivity contribution in [1.82, 2.24) is 4.90 Å². The van der Waals surface area contributed by atoms with Crippen LogP contribution in [0.4, 0.5) is 5.69 Å². The molecular weight excluding hydrogens is 312 g/mol. The standard InChI is InChI=1S/C21H26N2O2/c1-15-13-16(2)20(17(3)14-15)21(24)23-11-9-22(10-12-23)18-5-7-19(25-4)8-6-18/h5-8,13-14H,9-12H2,1-4H3. The molecule has 132 valence electrons. The number of nitrogens with zero attached hydrogens (tertiary/aromatic N) is 2. The summed E-state index contributed by atoms with van der Waals surface area (Å²) < 4.78 is 5.21. The average Bonchev–Trinajstić information content (AvgIpc) is 2.61. The van der Waals surface area contributed by atoms with Gasteiger partial charge in [-0.15, -0.1) is 0 Å². The van der Waals surface area contributed by atoms with Gasteiger partial charge in [0.05, 0.1) is 7.11 Å². The van der Waals surface area contributed by atoms with Gasteiger partial charge >= 0.3 is 0 Å². The van der Waals surface area contributed by atoms with Crippen LogP contribution in [0.1, 0.15) is 27.0 Å². The van der Waals surface area contributed by atoms with Crippen LogP contribution in [-0.4, -0.2) is 44.1 Å². The fraction of sp³-hybridized carbons (Fsp3) is 0.381. The summed E-state index contributed by atoms with van der Waals surface area (Å²) in [5.74, 6) is 1.02. The Morgan fingerprint density at radius 2 is 1.48 bits per heavy atom. The maximum absolute atomic E-state index is 13.0. The third kappa shape index (κ3) is 3.63. The smallest absolute Gasteiger partial charge is 0.254 e. The molecule has 0 bridgehead atoms. The highest BCUT2D eigenvalue weighted by atomic mass is 16.5. The molecule has 2 aromatic carbocycles. The van der Waals surface area contributed by atoms with E-state index in [0.29, 0.717) is 0 Å². The molecule has 0 saturated carbocycles. The molecule has 0 aromatic heterocycles. The Bertz CT molecular complexity index is 737. The lowest BCUT2D eigenvalue weighted by atomic mass is 9.98. The molecule has 4 heteroatoms. The van der Waals surface area contributed by atoms with Gasteiger partial charge in [-0.05, 0) is 56.2 Å². The summed E-state index contributed by atoms with van der Waals surface area (Å²) in [7, 11) is 1.68. The number of ether oxygens (including phenoxy) is 1. The largest absolute Gasteiger partial charge is 0.497 e. The highest BCUT2D eigenvalue weighted by molar-refractivity contribution is 5.97. The number of benzene rings is 2. The van der Waals surface area contributed by atoms with E-state index in [1.165, 1.54) is 11.3 Å². The predicted molar refractivity (Wildman–Crippen MR) is 102 cm³/mol. The summed E-state index contributed by atoms with van der Waals surface area (Å²) in [5.41, 5.74) is 5.38. The summed E-state index contributed by atoms with van der Waals surface area (Å²) in [6, 6.07) is 12.3. The van der Waals surface area contributed by atoms with Crippen molar-refractivity contribution in [2.75, 3.05) is 38.2 Å². The van der Waals surface area contributed by atoms with Gasteiger partial charge in [0.15, 0.2) is 0 Å². The van der Waals surface area contributed by atoms with Gasteiger partial charge in [-0.1, -0.05) is 17.7 Å².